The van der Waals surface area contributed by atoms with Crippen LogP contribution in [-0.4, -0.2) is 53.8 Å². The first-order valence-electron chi connectivity index (χ1n) is 10.5. The van der Waals surface area contributed by atoms with Gasteiger partial charge in [0, 0.05) is 36.7 Å². The minimum Gasteiger partial charge on any atom is -0.360 e. The molecule has 0 radical (unpaired) electrons. The standard InChI is InChI=1S/C22H28N4O4/c1-2-3-10-23-21(29)15-7-6-11-26(14-15)19(27)13-25-22(30)17-12-24-18-9-5-4-8-16(18)20(17)28/h4-5,8-9,12,15H,2-3,6-7,10-11,13-14H2,1H3,(H,23,29)(H,24,28)(H,25,30). The topological polar surface area (TPSA) is 111 Å². The van der Waals surface area contributed by atoms with Crippen LogP contribution in [0.15, 0.2) is 35.3 Å². The molecule has 0 bridgehead atoms. The van der Waals surface area contributed by atoms with Gasteiger partial charge in [-0.05, 0) is 31.4 Å². The van der Waals surface area contributed by atoms with E-state index in [0.717, 1.165) is 25.7 Å². The van der Waals surface area contributed by atoms with Gasteiger partial charge in [0.25, 0.3) is 5.91 Å². The maximum Gasteiger partial charge on any atom is 0.257 e. The largest absolute Gasteiger partial charge is 0.360 e. The van der Waals surface area contributed by atoms with Crippen LogP contribution in [0.25, 0.3) is 10.9 Å². The highest BCUT2D eigenvalue weighted by atomic mass is 16.2. The number of aromatic nitrogens is 1. The molecule has 2 heterocycles. The van der Waals surface area contributed by atoms with E-state index in [1.54, 1.807) is 29.2 Å². The molecule has 3 amide bonds. The molecule has 1 fully saturated rings. The van der Waals surface area contributed by atoms with Crippen molar-refractivity contribution in [2.45, 2.75) is 32.6 Å². The first-order valence-corrected chi connectivity index (χ1v) is 10.5. The minimum absolute atomic E-state index is 0.0207. The van der Waals surface area contributed by atoms with Gasteiger partial charge in [-0.2, -0.15) is 0 Å². The van der Waals surface area contributed by atoms with Crippen molar-refractivity contribution in [3.05, 3.63) is 46.2 Å². The van der Waals surface area contributed by atoms with E-state index < -0.39 is 5.91 Å². The summed E-state index contributed by atoms with van der Waals surface area (Å²) in [5.74, 6) is -1.10. The number of carbonyl (C=O) groups is 3. The molecular formula is C22H28N4O4. The zero-order valence-corrected chi connectivity index (χ0v) is 17.2. The van der Waals surface area contributed by atoms with Crippen molar-refractivity contribution in [2.24, 2.45) is 5.92 Å². The summed E-state index contributed by atoms with van der Waals surface area (Å²) in [6.45, 7) is 3.41. The molecule has 1 aromatic carbocycles. The highest BCUT2D eigenvalue weighted by Crippen LogP contribution is 2.16. The van der Waals surface area contributed by atoms with Gasteiger partial charge in [-0.3, -0.25) is 19.2 Å². The molecule has 1 aromatic heterocycles. The number of carbonyl (C=O) groups excluding carboxylic acids is 3. The Balaban J connectivity index is 1.56. The molecule has 8 nitrogen and oxygen atoms in total. The van der Waals surface area contributed by atoms with Crippen LogP contribution in [0, 0.1) is 5.92 Å². The summed E-state index contributed by atoms with van der Waals surface area (Å²) in [7, 11) is 0. The first kappa shape index (κ1) is 21.5. The number of rotatable bonds is 7. The zero-order chi connectivity index (χ0) is 21.5. The number of nitrogens with zero attached hydrogens (tertiary/aromatic N) is 1. The van der Waals surface area contributed by atoms with Crippen LogP contribution in [0.3, 0.4) is 0 Å². The van der Waals surface area contributed by atoms with Gasteiger partial charge < -0.3 is 20.5 Å². The Hall–Kier alpha value is -3.16. The lowest BCUT2D eigenvalue weighted by Crippen LogP contribution is -2.48. The lowest BCUT2D eigenvalue weighted by atomic mass is 9.97. The van der Waals surface area contributed by atoms with Gasteiger partial charge in [0.2, 0.25) is 17.2 Å². The van der Waals surface area contributed by atoms with Gasteiger partial charge in [0.1, 0.15) is 5.56 Å². The summed E-state index contributed by atoms with van der Waals surface area (Å²) in [5.41, 5.74) is 0.233. The number of likely N-dealkylation sites (tertiary alicyclic amines) is 1. The maximum atomic E-state index is 12.6. The average molecular weight is 412 g/mol. The molecular weight excluding hydrogens is 384 g/mol. The number of piperidine rings is 1. The normalized spacial score (nSPS) is 16.3. The number of aromatic amines is 1. The quantitative estimate of drug-likeness (QED) is 0.597. The molecule has 0 aliphatic carbocycles. The van der Waals surface area contributed by atoms with Gasteiger partial charge in [0.05, 0.1) is 12.5 Å². The smallest absolute Gasteiger partial charge is 0.257 e. The van der Waals surface area contributed by atoms with E-state index in [1.807, 2.05) is 0 Å². The highest BCUT2D eigenvalue weighted by molar-refractivity contribution is 5.98. The second kappa shape index (κ2) is 10.0. The number of fused-ring (bicyclic) bond motifs is 1. The molecule has 1 unspecified atom stereocenters. The molecule has 160 valence electrons. The fourth-order valence-corrected chi connectivity index (χ4v) is 3.65. The van der Waals surface area contributed by atoms with Crippen LogP contribution in [0.2, 0.25) is 0 Å². The van der Waals surface area contributed by atoms with E-state index in [-0.39, 0.29) is 35.3 Å². The lowest BCUT2D eigenvalue weighted by molar-refractivity contribution is -0.134. The molecule has 2 aromatic rings. The second-order valence-electron chi connectivity index (χ2n) is 7.58. The third-order valence-corrected chi connectivity index (χ3v) is 5.41. The Kier molecular flexibility index (Phi) is 7.21. The molecule has 0 saturated carbocycles. The van der Waals surface area contributed by atoms with E-state index in [1.165, 1.54) is 6.20 Å². The van der Waals surface area contributed by atoms with Crippen molar-refractivity contribution in [2.75, 3.05) is 26.2 Å². The lowest BCUT2D eigenvalue weighted by Gasteiger charge is -2.32. The van der Waals surface area contributed by atoms with Crippen LogP contribution in [0.1, 0.15) is 43.0 Å². The SMILES string of the molecule is CCCCNC(=O)C1CCCN(C(=O)CNC(=O)c2c[nH]c3ccccc3c2=O)C1. The predicted molar refractivity (Wildman–Crippen MR) is 114 cm³/mol. The van der Waals surface area contributed by atoms with Crippen LogP contribution in [-0.2, 0) is 9.59 Å². The van der Waals surface area contributed by atoms with E-state index in [4.69, 9.17) is 0 Å². The Bertz CT molecular complexity index is 985. The van der Waals surface area contributed by atoms with E-state index >= 15 is 0 Å². The molecule has 8 heteroatoms. The predicted octanol–water partition coefficient (Wildman–Crippen LogP) is 1.41. The number of benzene rings is 1. The Morgan fingerprint density at radius 1 is 1.20 bits per heavy atom. The monoisotopic (exact) mass is 412 g/mol. The number of nitrogens with one attached hydrogen (secondary N) is 3. The van der Waals surface area contributed by atoms with Gasteiger partial charge >= 0.3 is 0 Å². The van der Waals surface area contributed by atoms with Crippen LogP contribution in [0.5, 0.6) is 0 Å². The van der Waals surface area contributed by atoms with Crippen molar-refractivity contribution in [1.29, 1.82) is 0 Å². The molecule has 1 atom stereocenters. The molecule has 30 heavy (non-hydrogen) atoms. The number of hydrogen-bond donors (Lipinski definition) is 3. The number of hydrogen-bond acceptors (Lipinski definition) is 4. The van der Waals surface area contributed by atoms with E-state index in [0.29, 0.717) is 30.5 Å². The molecule has 3 rings (SSSR count). The van der Waals surface area contributed by atoms with Gasteiger partial charge in [-0.25, -0.2) is 0 Å². The van der Waals surface area contributed by atoms with Gasteiger partial charge in [0.15, 0.2) is 0 Å². The summed E-state index contributed by atoms with van der Waals surface area (Å²) < 4.78 is 0. The summed E-state index contributed by atoms with van der Waals surface area (Å²) >= 11 is 0. The maximum absolute atomic E-state index is 12.6. The first-order chi connectivity index (χ1) is 14.5. The van der Waals surface area contributed by atoms with Crippen molar-refractivity contribution in [3.8, 4) is 0 Å². The van der Waals surface area contributed by atoms with E-state index in [9.17, 15) is 19.2 Å². The summed E-state index contributed by atoms with van der Waals surface area (Å²) in [6, 6.07) is 6.93. The number of H-pyrrole nitrogens is 1. The summed E-state index contributed by atoms with van der Waals surface area (Å²) in [5, 5.41) is 5.88. The fourth-order valence-electron chi connectivity index (χ4n) is 3.65. The molecule has 1 aliphatic heterocycles. The fraction of sp³-hybridized carbons (Fsp3) is 0.455. The Labute approximate surface area is 175 Å². The zero-order valence-electron chi connectivity index (χ0n) is 17.2. The number of unbranched alkanes of at least 4 members (excludes halogenated alkanes) is 1. The summed E-state index contributed by atoms with van der Waals surface area (Å²) in [6.07, 6.45) is 4.80. The highest BCUT2D eigenvalue weighted by Gasteiger charge is 2.28. The molecule has 0 spiro atoms. The number of amides is 3. The average Bonchev–Trinajstić information content (AvgIpc) is 2.78. The molecule has 1 saturated heterocycles. The number of para-hydroxylation sites is 1. The van der Waals surface area contributed by atoms with Gasteiger partial charge in [-0.1, -0.05) is 25.5 Å². The van der Waals surface area contributed by atoms with E-state index in [2.05, 4.69) is 22.5 Å². The summed E-state index contributed by atoms with van der Waals surface area (Å²) in [4.78, 5) is 54.3. The van der Waals surface area contributed by atoms with Crippen LogP contribution < -0.4 is 16.1 Å². The molecule has 3 N–H and O–H groups in total. The number of pyridine rings is 1. The third-order valence-electron chi connectivity index (χ3n) is 5.41. The van der Waals surface area contributed by atoms with Crippen molar-refractivity contribution in [1.82, 2.24) is 20.5 Å². The minimum atomic E-state index is -0.596. The van der Waals surface area contributed by atoms with Crippen molar-refractivity contribution < 1.29 is 14.4 Å². The van der Waals surface area contributed by atoms with Crippen molar-refractivity contribution >= 4 is 28.6 Å². The van der Waals surface area contributed by atoms with Crippen LogP contribution >= 0.6 is 0 Å². The second-order valence-corrected chi connectivity index (χ2v) is 7.58. The third kappa shape index (κ3) is 5.06. The van der Waals surface area contributed by atoms with Crippen LogP contribution in [0.4, 0.5) is 0 Å². The Morgan fingerprint density at radius 3 is 2.80 bits per heavy atom. The molecule has 1 aliphatic rings. The Morgan fingerprint density at radius 2 is 2.00 bits per heavy atom. The van der Waals surface area contributed by atoms with Gasteiger partial charge in [-0.15, -0.1) is 0 Å². The van der Waals surface area contributed by atoms with Crippen molar-refractivity contribution in [3.63, 3.8) is 0 Å².